The Morgan fingerprint density at radius 3 is 2.31 bits per heavy atom. The van der Waals surface area contributed by atoms with Gasteiger partial charge in [-0.1, -0.05) is 17.7 Å². The third kappa shape index (κ3) is 3.32. The van der Waals surface area contributed by atoms with Crippen LogP contribution in [-0.4, -0.2) is 13.0 Å². The number of hydrogen-bond donors (Lipinski definition) is 0. The van der Waals surface area contributed by atoms with Gasteiger partial charge < -0.3 is 13.2 Å². The fourth-order valence-corrected chi connectivity index (χ4v) is 4.70. The van der Waals surface area contributed by atoms with Gasteiger partial charge in [0.25, 0.3) is 5.56 Å². The molecule has 152 valence electrons. The number of aryl methyl sites for hydroxylation is 1. The van der Waals surface area contributed by atoms with Crippen molar-refractivity contribution in [2.75, 3.05) is 0 Å². The average Bonchev–Trinajstić information content (AvgIpc) is 3.49. The van der Waals surface area contributed by atoms with E-state index in [4.69, 9.17) is 8.60 Å². The molecule has 3 aromatic rings. The first-order chi connectivity index (χ1) is 13.6. The van der Waals surface area contributed by atoms with Crippen molar-refractivity contribution in [2.24, 2.45) is 0 Å². The first-order valence-corrected chi connectivity index (χ1v) is 11.2. The normalized spacial score (nSPS) is 14.3. The molecule has 0 amide bonds. The lowest BCUT2D eigenvalue weighted by Crippen LogP contribution is -2.25. The van der Waals surface area contributed by atoms with Gasteiger partial charge in [0, 0.05) is 11.7 Å². The summed E-state index contributed by atoms with van der Waals surface area (Å²) in [5.74, 6) is -0.295. The van der Waals surface area contributed by atoms with Crippen LogP contribution in [0.5, 0.6) is 5.75 Å². The van der Waals surface area contributed by atoms with Gasteiger partial charge in [-0.15, -0.1) is 0 Å². The average molecular weight is 480 g/mol. The highest BCUT2D eigenvalue weighted by atomic mass is 79.9. The number of fused-ring (bicyclic) bond motifs is 1. The van der Waals surface area contributed by atoms with Gasteiger partial charge in [-0.25, -0.2) is 4.79 Å². The predicted octanol–water partition coefficient (Wildman–Crippen LogP) is 3.75. The number of rotatable bonds is 4. The van der Waals surface area contributed by atoms with Crippen molar-refractivity contribution in [1.82, 2.24) is 4.57 Å². The van der Waals surface area contributed by atoms with Gasteiger partial charge in [0.15, 0.2) is 11.3 Å². The summed E-state index contributed by atoms with van der Waals surface area (Å²) in [5.41, 5.74) is 0.193. The monoisotopic (exact) mass is 479 g/mol. The van der Waals surface area contributed by atoms with Crippen LogP contribution in [-0.2, 0) is 10.1 Å². The van der Waals surface area contributed by atoms with Crippen LogP contribution >= 0.6 is 15.9 Å². The summed E-state index contributed by atoms with van der Waals surface area (Å²) in [5, 5.41) is -0.0674. The first-order valence-electron chi connectivity index (χ1n) is 9.01. The highest BCUT2D eigenvalue weighted by molar-refractivity contribution is 9.10. The topological polar surface area (TPSA) is 95.6 Å². The lowest BCUT2D eigenvalue weighted by atomic mass is 10.2. The zero-order chi connectivity index (χ0) is 21.1. The van der Waals surface area contributed by atoms with Gasteiger partial charge in [0.1, 0.15) is 10.3 Å². The molecule has 4 rings (SSSR count). The molecule has 2 heterocycles. The molecule has 1 fully saturated rings. The van der Waals surface area contributed by atoms with Gasteiger partial charge in [-0.05, 0) is 61.7 Å². The van der Waals surface area contributed by atoms with E-state index in [1.165, 1.54) is 19.1 Å². The summed E-state index contributed by atoms with van der Waals surface area (Å²) in [6.07, 6.45) is 1.71. The molecule has 0 bridgehead atoms. The molecule has 9 heteroatoms. The SMILES string of the molecule is Cc1ccc(S(=O)(=O)Oc2c(C)c(=O)oc3c(Br)c(C)n(C4CC4)c(=O)c23)cc1. The van der Waals surface area contributed by atoms with E-state index >= 15 is 0 Å². The Hall–Kier alpha value is -2.39. The van der Waals surface area contributed by atoms with Gasteiger partial charge in [0.05, 0.1) is 10.0 Å². The minimum Gasteiger partial charge on any atom is -0.421 e. The Kier molecular flexibility index (Phi) is 4.70. The molecular formula is C20H18BrNO6S. The van der Waals surface area contributed by atoms with Gasteiger partial charge in [-0.3, -0.25) is 4.79 Å². The lowest BCUT2D eigenvalue weighted by Gasteiger charge is -2.16. The van der Waals surface area contributed by atoms with Crippen molar-refractivity contribution in [3.63, 3.8) is 0 Å². The quantitative estimate of drug-likeness (QED) is 0.528. The van der Waals surface area contributed by atoms with E-state index < -0.39 is 21.3 Å². The van der Waals surface area contributed by atoms with E-state index in [0.717, 1.165) is 18.4 Å². The highest BCUT2D eigenvalue weighted by Crippen LogP contribution is 2.39. The summed E-state index contributed by atoms with van der Waals surface area (Å²) in [4.78, 5) is 25.5. The van der Waals surface area contributed by atoms with Crippen molar-refractivity contribution >= 4 is 37.0 Å². The second-order valence-corrected chi connectivity index (χ2v) is 9.54. The molecule has 1 aromatic carbocycles. The number of hydrogen-bond acceptors (Lipinski definition) is 6. The van der Waals surface area contributed by atoms with Crippen molar-refractivity contribution in [3.8, 4) is 5.75 Å². The molecule has 1 aliphatic rings. The van der Waals surface area contributed by atoms with Crippen LogP contribution in [0.4, 0.5) is 0 Å². The summed E-state index contributed by atoms with van der Waals surface area (Å²) >= 11 is 3.39. The molecule has 0 N–H and O–H groups in total. The molecule has 0 radical (unpaired) electrons. The number of halogens is 1. The molecule has 0 aliphatic heterocycles. The van der Waals surface area contributed by atoms with Crippen LogP contribution in [0.25, 0.3) is 11.0 Å². The second kappa shape index (κ2) is 6.84. The Morgan fingerprint density at radius 2 is 1.72 bits per heavy atom. The Labute approximate surface area is 175 Å². The summed E-state index contributed by atoms with van der Waals surface area (Å²) in [7, 11) is -4.26. The van der Waals surface area contributed by atoms with Gasteiger partial charge in [0.2, 0.25) is 0 Å². The number of pyridine rings is 1. The Bertz CT molecular complexity index is 1370. The van der Waals surface area contributed by atoms with E-state index in [0.29, 0.717) is 10.2 Å². The third-order valence-corrected chi connectivity index (χ3v) is 7.19. The molecule has 0 saturated heterocycles. The summed E-state index contributed by atoms with van der Waals surface area (Å²) in [6.45, 7) is 4.95. The number of aromatic nitrogens is 1. The molecule has 29 heavy (non-hydrogen) atoms. The van der Waals surface area contributed by atoms with Crippen LogP contribution in [0.3, 0.4) is 0 Å². The molecule has 0 spiro atoms. The zero-order valence-electron chi connectivity index (χ0n) is 16.0. The van der Waals surface area contributed by atoms with Crippen LogP contribution in [0.15, 0.2) is 47.6 Å². The van der Waals surface area contributed by atoms with Crippen molar-refractivity contribution in [3.05, 3.63) is 66.3 Å². The van der Waals surface area contributed by atoms with Crippen molar-refractivity contribution in [2.45, 2.75) is 44.6 Å². The minimum absolute atomic E-state index is 0.0193. The first kappa shape index (κ1) is 19.9. The van der Waals surface area contributed by atoms with Crippen LogP contribution in [0.1, 0.15) is 35.7 Å². The van der Waals surface area contributed by atoms with E-state index in [2.05, 4.69) is 15.9 Å². The number of nitrogens with zero attached hydrogens (tertiary/aromatic N) is 1. The fraction of sp³-hybridized carbons (Fsp3) is 0.300. The maximum atomic E-state index is 13.2. The second-order valence-electron chi connectivity index (χ2n) is 7.20. The van der Waals surface area contributed by atoms with Crippen LogP contribution < -0.4 is 15.4 Å². The van der Waals surface area contributed by atoms with E-state index in [-0.39, 0.29) is 33.2 Å². The van der Waals surface area contributed by atoms with Crippen LogP contribution in [0, 0.1) is 20.8 Å². The largest absolute Gasteiger partial charge is 0.421 e. The van der Waals surface area contributed by atoms with E-state index in [1.54, 1.807) is 23.6 Å². The van der Waals surface area contributed by atoms with Gasteiger partial charge >= 0.3 is 15.7 Å². The maximum Gasteiger partial charge on any atom is 0.343 e. The number of benzene rings is 1. The maximum absolute atomic E-state index is 13.2. The summed E-state index contributed by atoms with van der Waals surface area (Å²) < 4.78 is 38.4. The molecule has 2 aromatic heterocycles. The molecule has 0 unspecified atom stereocenters. The minimum atomic E-state index is -4.26. The smallest absolute Gasteiger partial charge is 0.343 e. The molecule has 1 saturated carbocycles. The van der Waals surface area contributed by atoms with Crippen molar-refractivity contribution in [1.29, 1.82) is 0 Å². The summed E-state index contributed by atoms with van der Waals surface area (Å²) in [6, 6.07) is 6.14. The van der Waals surface area contributed by atoms with Crippen LogP contribution in [0.2, 0.25) is 0 Å². The van der Waals surface area contributed by atoms with Crippen molar-refractivity contribution < 1.29 is 17.0 Å². The molecule has 1 aliphatic carbocycles. The standard InChI is InChI=1S/C20H18BrNO6S/c1-10-4-8-14(9-5-10)29(25,26)28-17-11(2)20(24)27-18-15(17)19(23)22(13-6-7-13)12(3)16(18)21/h4-5,8-9,13H,6-7H2,1-3H3. The Morgan fingerprint density at radius 1 is 1.10 bits per heavy atom. The molecule has 7 nitrogen and oxygen atoms in total. The van der Waals surface area contributed by atoms with Gasteiger partial charge in [-0.2, -0.15) is 8.42 Å². The Balaban J connectivity index is 2.01. The third-order valence-electron chi connectivity index (χ3n) is 5.02. The molecule has 0 atom stereocenters. The highest BCUT2D eigenvalue weighted by Gasteiger charge is 2.31. The fourth-order valence-electron chi connectivity index (χ4n) is 3.23. The van der Waals surface area contributed by atoms with E-state index in [1.807, 2.05) is 6.92 Å². The zero-order valence-corrected chi connectivity index (χ0v) is 18.4. The molecular weight excluding hydrogens is 462 g/mol. The lowest BCUT2D eigenvalue weighted by molar-refractivity contribution is 0.476. The predicted molar refractivity (Wildman–Crippen MR) is 111 cm³/mol. The van der Waals surface area contributed by atoms with E-state index in [9.17, 15) is 18.0 Å².